The molecule has 1 fully saturated rings. The van der Waals surface area contributed by atoms with Crippen molar-refractivity contribution in [1.82, 2.24) is 15.0 Å². The molecule has 0 saturated carbocycles. The fraction of sp³-hybridized carbons (Fsp3) is 0.643. The highest BCUT2D eigenvalue weighted by Gasteiger charge is 2.22. The number of thioether (sulfide) groups is 1. The zero-order valence-corrected chi connectivity index (χ0v) is 14.1. The summed E-state index contributed by atoms with van der Waals surface area (Å²) in [6.45, 7) is 4.83. The van der Waals surface area contributed by atoms with Gasteiger partial charge in [-0.3, -0.25) is 0 Å². The molecule has 1 aliphatic rings. The van der Waals surface area contributed by atoms with E-state index in [1.807, 2.05) is 17.8 Å². The second-order valence-corrected chi connectivity index (χ2v) is 8.43. The van der Waals surface area contributed by atoms with Crippen molar-refractivity contribution in [2.45, 2.75) is 50.3 Å². The van der Waals surface area contributed by atoms with E-state index < -0.39 is 10.0 Å². The largest absolute Gasteiger partial charge is 0.310 e. The van der Waals surface area contributed by atoms with E-state index in [2.05, 4.69) is 28.9 Å². The summed E-state index contributed by atoms with van der Waals surface area (Å²) in [5.74, 6) is 2.03. The predicted molar refractivity (Wildman–Crippen MR) is 86.9 cm³/mol. The lowest BCUT2D eigenvalue weighted by atomic mass is 10.2. The number of pyridine rings is 1. The van der Waals surface area contributed by atoms with E-state index in [4.69, 9.17) is 0 Å². The van der Waals surface area contributed by atoms with Crippen molar-refractivity contribution >= 4 is 21.8 Å². The molecule has 0 unspecified atom stereocenters. The number of aromatic nitrogens is 1. The molecule has 0 atom stereocenters. The van der Waals surface area contributed by atoms with Gasteiger partial charge < -0.3 is 5.32 Å². The highest BCUT2D eigenvalue weighted by molar-refractivity contribution is 7.99. The third kappa shape index (κ3) is 5.25. The molecule has 21 heavy (non-hydrogen) atoms. The second-order valence-electron chi connectivity index (χ2n) is 5.55. The van der Waals surface area contributed by atoms with E-state index in [1.54, 1.807) is 12.3 Å². The second kappa shape index (κ2) is 7.58. The van der Waals surface area contributed by atoms with Crippen molar-refractivity contribution in [3.05, 3.63) is 23.9 Å². The predicted octanol–water partition coefficient (Wildman–Crippen LogP) is 1.75. The van der Waals surface area contributed by atoms with Crippen LogP contribution in [0.4, 0.5) is 0 Å². The van der Waals surface area contributed by atoms with Crippen LogP contribution in [0.25, 0.3) is 0 Å². The van der Waals surface area contributed by atoms with Crippen LogP contribution in [-0.4, -0.2) is 37.0 Å². The number of nitrogens with one attached hydrogen (secondary N) is 2. The number of sulfonamides is 1. The van der Waals surface area contributed by atoms with Gasteiger partial charge in [-0.05, 0) is 36.0 Å². The third-order valence-corrected chi connectivity index (χ3v) is 5.82. The van der Waals surface area contributed by atoms with Gasteiger partial charge in [-0.25, -0.2) is 18.1 Å². The summed E-state index contributed by atoms with van der Waals surface area (Å²) in [5, 5.41) is 3.38. The summed E-state index contributed by atoms with van der Waals surface area (Å²) in [5.41, 5.74) is 0.983. The van der Waals surface area contributed by atoms with Gasteiger partial charge in [0.15, 0.2) is 5.03 Å². The highest BCUT2D eigenvalue weighted by atomic mass is 32.2. The Balaban J connectivity index is 1.99. The van der Waals surface area contributed by atoms with Gasteiger partial charge in [-0.2, -0.15) is 11.8 Å². The minimum absolute atomic E-state index is 0.0420. The SMILES string of the molecule is CC(C)NCc1ccc(S(=O)(=O)NC2CCSCC2)nc1. The maximum Gasteiger partial charge on any atom is 0.258 e. The lowest BCUT2D eigenvalue weighted by molar-refractivity contribution is 0.526. The first-order valence-electron chi connectivity index (χ1n) is 7.26. The van der Waals surface area contributed by atoms with Crippen molar-refractivity contribution < 1.29 is 8.42 Å². The van der Waals surface area contributed by atoms with Crippen LogP contribution in [0.15, 0.2) is 23.4 Å². The van der Waals surface area contributed by atoms with Gasteiger partial charge in [0.2, 0.25) is 0 Å². The van der Waals surface area contributed by atoms with E-state index in [0.717, 1.165) is 29.9 Å². The third-order valence-electron chi connectivity index (χ3n) is 3.33. The summed E-state index contributed by atoms with van der Waals surface area (Å²) in [6, 6.07) is 3.82. The Morgan fingerprint density at radius 3 is 2.62 bits per heavy atom. The van der Waals surface area contributed by atoms with Crippen molar-refractivity contribution in [1.29, 1.82) is 0 Å². The maximum absolute atomic E-state index is 12.3. The van der Waals surface area contributed by atoms with Crippen LogP contribution in [0.1, 0.15) is 32.3 Å². The normalized spacial score (nSPS) is 17.3. The lowest BCUT2D eigenvalue weighted by Crippen LogP contribution is -2.37. The van der Waals surface area contributed by atoms with Gasteiger partial charge in [0, 0.05) is 24.8 Å². The van der Waals surface area contributed by atoms with Gasteiger partial charge in [-0.1, -0.05) is 19.9 Å². The number of rotatable bonds is 6. The van der Waals surface area contributed by atoms with Crippen LogP contribution in [-0.2, 0) is 16.6 Å². The van der Waals surface area contributed by atoms with Crippen molar-refractivity contribution in [2.24, 2.45) is 0 Å². The first-order chi connectivity index (χ1) is 9.97. The average molecular weight is 329 g/mol. The fourth-order valence-corrected chi connectivity index (χ4v) is 4.43. The van der Waals surface area contributed by atoms with Gasteiger partial charge in [-0.15, -0.1) is 0 Å². The minimum atomic E-state index is -3.50. The molecule has 0 radical (unpaired) electrons. The molecule has 118 valence electrons. The molecule has 1 aromatic heterocycles. The Hall–Kier alpha value is -0.630. The van der Waals surface area contributed by atoms with Crippen molar-refractivity contribution in [2.75, 3.05) is 11.5 Å². The first-order valence-corrected chi connectivity index (χ1v) is 9.89. The molecule has 1 aliphatic heterocycles. The summed E-state index contributed by atoms with van der Waals surface area (Å²) in [6.07, 6.45) is 3.40. The topological polar surface area (TPSA) is 71.1 Å². The van der Waals surface area contributed by atoms with Gasteiger partial charge in [0.1, 0.15) is 0 Å². The van der Waals surface area contributed by atoms with Crippen LogP contribution in [0, 0.1) is 0 Å². The molecule has 2 N–H and O–H groups in total. The molecule has 0 bridgehead atoms. The van der Waals surface area contributed by atoms with Crippen LogP contribution in [0.2, 0.25) is 0 Å². The smallest absolute Gasteiger partial charge is 0.258 e. The van der Waals surface area contributed by atoms with E-state index >= 15 is 0 Å². The van der Waals surface area contributed by atoms with Gasteiger partial charge in [0.25, 0.3) is 10.0 Å². The monoisotopic (exact) mass is 329 g/mol. The standard InChI is InChI=1S/C14H23N3O2S2/c1-11(2)15-9-12-3-4-14(16-10-12)21(18,19)17-13-5-7-20-8-6-13/h3-4,10-11,13,15,17H,5-9H2,1-2H3. The highest BCUT2D eigenvalue weighted by Crippen LogP contribution is 2.18. The van der Waals surface area contributed by atoms with Crippen LogP contribution < -0.4 is 10.0 Å². The summed E-state index contributed by atoms with van der Waals surface area (Å²) in [4.78, 5) is 4.10. The molecule has 0 aromatic carbocycles. The van der Waals surface area contributed by atoms with Crippen LogP contribution in [0.5, 0.6) is 0 Å². The zero-order valence-electron chi connectivity index (χ0n) is 12.5. The number of hydrogen-bond acceptors (Lipinski definition) is 5. The minimum Gasteiger partial charge on any atom is -0.310 e. The molecule has 2 rings (SSSR count). The Morgan fingerprint density at radius 1 is 1.33 bits per heavy atom. The maximum atomic E-state index is 12.3. The Kier molecular flexibility index (Phi) is 6.04. The summed E-state index contributed by atoms with van der Waals surface area (Å²) in [7, 11) is -3.50. The summed E-state index contributed by atoms with van der Waals surface area (Å²) < 4.78 is 27.3. The Bertz CT molecular complexity index is 538. The van der Waals surface area contributed by atoms with E-state index in [-0.39, 0.29) is 11.1 Å². The fourth-order valence-electron chi connectivity index (χ4n) is 2.09. The molecule has 0 aliphatic carbocycles. The van der Waals surface area contributed by atoms with E-state index in [0.29, 0.717) is 12.6 Å². The average Bonchev–Trinajstić information content (AvgIpc) is 2.46. The van der Waals surface area contributed by atoms with Crippen LogP contribution in [0.3, 0.4) is 0 Å². The van der Waals surface area contributed by atoms with Gasteiger partial charge >= 0.3 is 0 Å². The molecular weight excluding hydrogens is 306 g/mol. The Morgan fingerprint density at radius 2 is 2.05 bits per heavy atom. The van der Waals surface area contributed by atoms with Crippen LogP contribution >= 0.6 is 11.8 Å². The lowest BCUT2D eigenvalue weighted by Gasteiger charge is -2.22. The van der Waals surface area contributed by atoms with Crippen molar-refractivity contribution in [3.63, 3.8) is 0 Å². The number of hydrogen-bond donors (Lipinski definition) is 2. The van der Waals surface area contributed by atoms with Gasteiger partial charge in [0.05, 0.1) is 0 Å². The molecule has 0 amide bonds. The molecule has 2 heterocycles. The van der Waals surface area contributed by atoms with E-state index in [1.165, 1.54) is 0 Å². The molecule has 1 aromatic rings. The first kappa shape index (κ1) is 16.7. The molecular formula is C14H23N3O2S2. The number of nitrogens with zero attached hydrogens (tertiary/aromatic N) is 1. The van der Waals surface area contributed by atoms with E-state index in [9.17, 15) is 8.42 Å². The molecule has 7 heteroatoms. The molecule has 1 saturated heterocycles. The molecule has 0 spiro atoms. The van der Waals surface area contributed by atoms with Crippen molar-refractivity contribution in [3.8, 4) is 0 Å². The summed E-state index contributed by atoms with van der Waals surface area (Å²) >= 11 is 1.87. The molecule has 5 nitrogen and oxygen atoms in total. The Labute approximate surface area is 131 Å². The zero-order chi connectivity index (χ0) is 15.3. The quantitative estimate of drug-likeness (QED) is 0.832.